The van der Waals surface area contributed by atoms with Crippen molar-refractivity contribution >= 4 is 40.8 Å². The van der Waals surface area contributed by atoms with Crippen LogP contribution in [0.5, 0.6) is 0 Å². The fourth-order valence-corrected chi connectivity index (χ4v) is 5.23. The number of carboxylic acid groups (broad SMARTS) is 1. The first-order chi connectivity index (χ1) is 19.9. The van der Waals surface area contributed by atoms with Crippen molar-refractivity contribution in [2.24, 2.45) is 0 Å². The number of nitrogens with one attached hydrogen (secondary N) is 1. The topological polar surface area (TPSA) is 105 Å². The lowest BCUT2D eigenvalue weighted by Crippen LogP contribution is -2.31. The number of para-hydroxylation sites is 1. The number of fused-ring (bicyclic) bond motifs is 2. The van der Waals surface area contributed by atoms with E-state index in [0.29, 0.717) is 29.2 Å². The maximum Gasteiger partial charge on any atom is 0.352 e. The molecule has 5 aromatic rings. The molecule has 9 heteroatoms. The number of nitrogens with zero attached hydrogens (tertiary/aromatic N) is 3. The third-order valence-corrected chi connectivity index (χ3v) is 7.34. The number of rotatable bonds is 5. The van der Waals surface area contributed by atoms with Gasteiger partial charge in [-0.25, -0.2) is 4.79 Å². The summed E-state index contributed by atoms with van der Waals surface area (Å²) in [5.74, 6) is -1.68. The molecule has 3 aromatic carbocycles. The second kappa shape index (κ2) is 10.7. The first-order valence-corrected chi connectivity index (χ1v) is 13.2. The van der Waals surface area contributed by atoms with Gasteiger partial charge >= 0.3 is 5.97 Å². The van der Waals surface area contributed by atoms with Gasteiger partial charge in [0, 0.05) is 34.4 Å². The Hall–Kier alpha value is -5.21. The van der Waals surface area contributed by atoms with Crippen molar-refractivity contribution in [3.63, 3.8) is 0 Å². The number of hydrogen-bond acceptors (Lipinski definition) is 4. The Bertz CT molecular complexity index is 1800. The summed E-state index contributed by atoms with van der Waals surface area (Å²) in [7, 11) is 0. The lowest BCUT2D eigenvalue weighted by molar-refractivity contribution is 0.0685. The Kier molecular flexibility index (Phi) is 6.83. The van der Waals surface area contributed by atoms with Crippen LogP contribution in [0.3, 0.4) is 0 Å². The van der Waals surface area contributed by atoms with Crippen molar-refractivity contribution in [3.8, 4) is 11.3 Å². The standard InChI is InChI=1S/C32H23ClN4O4/c33-26-17-23(35-30(38)21-10-8-20(9-11-21)27-6-3-4-16-34-27)12-14-25(26)31(39)37-19-24-13-15-29(32(40)41)36(24)18-22-5-1-2-7-28(22)37/h1-17H,18-19H2,(H,35,38)(H,40,41). The molecule has 3 heterocycles. The summed E-state index contributed by atoms with van der Waals surface area (Å²) in [5.41, 5.74) is 5.23. The summed E-state index contributed by atoms with van der Waals surface area (Å²) in [4.78, 5) is 44.4. The normalized spacial score (nSPS) is 12.2. The third kappa shape index (κ3) is 5.08. The number of aromatic carboxylic acids is 1. The SMILES string of the molecule is O=C(Nc1ccc(C(=O)N2Cc3ccc(C(=O)O)n3Cc3ccccc32)c(Cl)c1)c1ccc(-c2ccccn2)cc1. The fraction of sp³-hybridized carbons (Fsp3) is 0.0625. The number of hydrogen-bond donors (Lipinski definition) is 2. The number of pyridine rings is 1. The molecule has 6 rings (SSSR count). The minimum Gasteiger partial charge on any atom is -0.477 e. The van der Waals surface area contributed by atoms with Gasteiger partial charge in [-0.2, -0.15) is 0 Å². The lowest BCUT2D eigenvalue weighted by Gasteiger charge is -2.23. The van der Waals surface area contributed by atoms with Crippen LogP contribution in [0.25, 0.3) is 11.3 Å². The van der Waals surface area contributed by atoms with Crippen LogP contribution in [0.4, 0.5) is 11.4 Å². The number of halogens is 1. The van der Waals surface area contributed by atoms with Gasteiger partial charge in [0.25, 0.3) is 11.8 Å². The Balaban J connectivity index is 1.23. The van der Waals surface area contributed by atoms with Crippen LogP contribution in [0.15, 0.2) is 103 Å². The van der Waals surface area contributed by atoms with Crippen LogP contribution >= 0.6 is 11.6 Å². The van der Waals surface area contributed by atoms with E-state index in [-0.39, 0.29) is 34.6 Å². The molecule has 41 heavy (non-hydrogen) atoms. The highest BCUT2D eigenvalue weighted by atomic mass is 35.5. The van der Waals surface area contributed by atoms with Crippen molar-refractivity contribution in [3.05, 3.63) is 136 Å². The van der Waals surface area contributed by atoms with Crippen LogP contribution in [-0.2, 0) is 13.1 Å². The van der Waals surface area contributed by atoms with E-state index in [0.717, 1.165) is 16.8 Å². The average molecular weight is 563 g/mol. The molecule has 202 valence electrons. The Morgan fingerprint density at radius 3 is 2.37 bits per heavy atom. The number of carbonyl (C=O) groups is 3. The van der Waals surface area contributed by atoms with Crippen LogP contribution in [0, 0.1) is 0 Å². The predicted octanol–water partition coefficient (Wildman–Crippen LogP) is 6.36. The summed E-state index contributed by atoms with van der Waals surface area (Å²) in [5, 5.41) is 12.6. The molecule has 1 aliphatic rings. The molecule has 0 bridgehead atoms. The molecule has 0 unspecified atom stereocenters. The molecule has 0 atom stereocenters. The van der Waals surface area contributed by atoms with Gasteiger partial charge in [-0.05, 0) is 66.2 Å². The van der Waals surface area contributed by atoms with Crippen molar-refractivity contribution in [1.29, 1.82) is 0 Å². The molecule has 2 aromatic heterocycles. The molecule has 0 radical (unpaired) electrons. The number of aromatic nitrogens is 2. The molecule has 0 saturated heterocycles. The minimum absolute atomic E-state index is 0.161. The van der Waals surface area contributed by atoms with Crippen LogP contribution in [-0.4, -0.2) is 32.4 Å². The van der Waals surface area contributed by atoms with Gasteiger partial charge < -0.3 is 19.9 Å². The first-order valence-electron chi connectivity index (χ1n) is 12.8. The van der Waals surface area contributed by atoms with Gasteiger partial charge in [0.05, 0.1) is 29.4 Å². The van der Waals surface area contributed by atoms with Crippen LogP contribution in [0.2, 0.25) is 5.02 Å². The largest absolute Gasteiger partial charge is 0.477 e. The summed E-state index contributed by atoms with van der Waals surface area (Å²) in [6.45, 7) is 0.498. The molecule has 8 nitrogen and oxygen atoms in total. The smallest absolute Gasteiger partial charge is 0.352 e. The van der Waals surface area contributed by atoms with E-state index in [9.17, 15) is 19.5 Å². The lowest BCUT2D eigenvalue weighted by atomic mass is 10.1. The average Bonchev–Trinajstić information content (AvgIpc) is 3.31. The van der Waals surface area contributed by atoms with Gasteiger partial charge in [0.15, 0.2) is 0 Å². The molecular weight excluding hydrogens is 540 g/mol. The molecule has 2 N–H and O–H groups in total. The molecule has 0 fully saturated rings. The van der Waals surface area contributed by atoms with Crippen LogP contribution < -0.4 is 10.2 Å². The van der Waals surface area contributed by atoms with Crippen molar-refractivity contribution in [2.75, 3.05) is 10.2 Å². The van der Waals surface area contributed by atoms with Gasteiger partial charge in [-0.15, -0.1) is 0 Å². The van der Waals surface area contributed by atoms with E-state index in [1.54, 1.807) is 58.1 Å². The second-order valence-corrected chi connectivity index (χ2v) is 9.97. The van der Waals surface area contributed by atoms with E-state index < -0.39 is 5.97 Å². The highest BCUT2D eigenvalue weighted by Gasteiger charge is 2.28. The summed E-state index contributed by atoms with van der Waals surface area (Å²) >= 11 is 6.59. The van der Waals surface area contributed by atoms with Gasteiger partial charge in [-0.3, -0.25) is 14.6 Å². The Labute approximate surface area is 240 Å². The number of carboxylic acids is 1. The summed E-state index contributed by atoms with van der Waals surface area (Å²) < 4.78 is 1.71. The molecule has 0 aliphatic carbocycles. The molecule has 0 spiro atoms. The second-order valence-electron chi connectivity index (χ2n) is 9.56. The Morgan fingerprint density at radius 1 is 0.854 bits per heavy atom. The monoisotopic (exact) mass is 562 g/mol. The number of benzene rings is 3. The van der Waals surface area contributed by atoms with Crippen molar-refractivity contribution < 1.29 is 19.5 Å². The zero-order valence-corrected chi connectivity index (χ0v) is 22.4. The van der Waals surface area contributed by atoms with Crippen molar-refractivity contribution in [1.82, 2.24) is 9.55 Å². The quantitative estimate of drug-likeness (QED) is 0.259. The maximum absolute atomic E-state index is 13.8. The van der Waals surface area contributed by atoms with E-state index in [1.807, 2.05) is 54.6 Å². The Morgan fingerprint density at radius 2 is 1.63 bits per heavy atom. The maximum atomic E-state index is 13.8. The first kappa shape index (κ1) is 26.0. The molecular formula is C32H23ClN4O4. The minimum atomic E-state index is -1.03. The third-order valence-electron chi connectivity index (χ3n) is 7.03. The fourth-order valence-electron chi connectivity index (χ4n) is 4.97. The van der Waals surface area contributed by atoms with E-state index in [4.69, 9.17) is 11.6 Å². The van der Waals surface area contributed by atoms with E-state index in [1.165, 1.54) is 0 Å². The molecule has 0 saturated carbocycles. The van der Waals surface area contributed by atoms with Gasteiger partial charge in [-0.1, -0.05) is 48.0 Å². The summed E-state index contributed by atoms with van der Waals surface area (Å²) in [6, 6.07) is 28.2. The number of carbonyl (C=O) groups excluding carboxylic acids is 2. The van der Waals surface area contributed by atoms with E-state index in [2.05, 4.69) is 10.3 Å². The number of amides is 2. The number of anilines is 2. The van der Waals surface area contributed by atoms with Gasteiger partial charge in [0.1, 0.15) is 5.69 Å². The molecule has 2 amide bonds. The highest BCUT2D eigenvalue weighted by Crippen LogP contribution is 2.32. The highest BCUT2D eigenvalue weighted by molar-refractivity contribution is 6.35. The van der Waals surface area contributed by atoms with Crippen LogP contribution in [0.1, 0.15) is 42.5 Å². The van der Waals surface area contributed by atoms with Crippen molar-refractivity contribution in [2.45, 2.75) is 13.1 Å². The zero-order valence-electron chi connectivity index (χ0n) is 21.6. The molecule has 1 aliphatic heterocycles. The predicted molar refractivity (Wildman–Crippen MR) is 157 cm³/mol. The van der Waals surface area contributed by atoms with E-state index >= 15 is 0 Å². The zero-order chi connectivity index (χ0) is 28.5. The van der Waals surface area contributed by atoms with Gasteiger partial charge in [0.2, 0.25) is 0 Å². The summed E-state index contributed by atoms with van der Waals surface area (Å²) in [6.07, 6.45) is 1.72.